The molecule has 0 aliphatic carbocycles. The molecule has 142 valence electrons. The first-order valence-corrected chi connectivity index (χ1v) is 10.4. The lowest BCUT2D eigenvalue weighted by molar-refractivity contribution is 0.0303. The van der Waals surface area contributed by atoms with Crippen molar-refractivity contribution in [1.82, 2.24) is 9.47 Å². The monoisotopic (exact) mass is 392 g/mol. The Bertz CT molecular complexity index is 1090. The number of morpholine rings is 1. The molecule has 5 nitrogen and oxygen atoms in total. The molecule has 1 saturated heterocycles. The van der Waals surface area contributed by atoms with Gasteiger partial charge in [-0.1, -0.05) is 30.3 Å². The second-order valence-corrected chi connectivity index (χ2v) is 7.99. The van der Waals surface area contributed by atoms with Crippen molar-refractivity contribution < 1.29 is 9.53 Å². The molecular weight excluding hydrogens is 372 g/mol. The molecule has 1 aromatic carbocycles. The molecule has 4 heterocycles. The van der Waals surface area contributed by atoms with Gasteiger partial charge >= 0.3 is 0 Å². The number of rotatable bonds is 2. The number of aromatic nitrogens is 1. The number of hydrogen-bond acceptors (Lipinski definition) is 4. The van der Waals surface area contributed by atoms with Crippen molar-refractivity contribution in [2.24, 2.45) is 0 Å². The molecule has 0 N–H and O–H groups in total. The quantitative estimate of drug-likeness (QED) is 0.673. The molecule has 1 fully saturated rings. The van der Waals surface area contributed by atoms with Gasteiger partial charge in [-0.25, -0.2) is 0 Å². The van der Waals surface area contributed by atoms with Crippen LogP contribution in [0.4, 0.5) is 0 Å². The minimum absolute atomic E-state index is 0.0227. The van der Waals surface area contributed by atoms with Gasteiger partial charge in [-0.3, -0.25) is 9.59 Å². The maximum absolute atomic E-state index is 13.5. The van der Waals surface area contributed by atoms with E-state index < -0.39 is 0 Å². The topological polar surface area (TPSA) is 51.5 Å². The lowest BCUT2D eigenvalue weighted by Gasteiger charge is -2.29. The lowest BCUT2D eigenvalue weighted by atomic mass is 9.97. The van der Waals surface area contributed by atoms with Crippen LogP contribution in [0.3, 0.4) is 0 Å². The van der Waals surface area contributed by atoms with Gasteiger partial charge in [0.1, 0.15) is 0 Å². The average molecular weight is 392 g/mol. The van der Waals surface area contributed by atoms with Gasteiger partial charge in [0.15, 0.2) is 0 Å². The Morgan fingerprint density at radius 2 is 1.82 bits per heavy atom. The first-order valence-electron chi connectivity index (χ1n) is 9.51. The van der Waals surface area contributed by atoms with Crippen LogP contribution in [0.2, 0.25) is 0 Å². The molecule has 2 aliphatic heterocycles. The van der Waals surface area contributed by atoms with E-state index in [1.54, 1.807) is 22.0 Å². The van der Waals surface area contributed by atoms with Gasteiger partial charge in [-0.2, -0.15) is 0 Å². The maximum atomic E-state index is 13.5. The fourth-order valence-electron chi connectivity index (χ4n) is 4.02. The average Bonchev–Trinajstić information content (AvgIpc) is 3.24. The highest BCUT2D eigenvalue weighted by atomic mass is 32.1. The molecule has 2 aliphatic rings. The van der Waals surface area contributed by atoms with Crippen LogP contribution in [0.1, 0.15) is 15.9 Å². The minimum Gasteiger partial charge on any atom is -0.378 e. The zero-order valence-electron chi connectivity index (χ0n) is 15.4. The second kappa shape index (κ2) is 7.04. The van der Waals surface area contributed by atoms with E-state index in [9.17, 15) is 9.59 Å². The Hall–Kier alpha value is -2.70. The summed E-state index contributed by atoms with van der Waals surface area (Å²) >= 11 is 1.60. The van der Waals surface area contributed by atoms with Gasteiger partial charge in [0, 0.05) is 25.2 Å². The first kappa shape index (κ1) is 17.4. The van der Waals surface area contributed by atoms with E-state index in [0.29, 0.717) is 44.0 Å². The summed E-state index contributed by atoms with van der Waals surface area (Å²) in [6.07, 6.45) is 0.815. The summed E-state index contributed by atoms with van der Waals surface area (Å²) in [4.78, 5) is 29.7. The highest BCUT2D eigenvalue weighted by Crippen LogP contribution is 2.37. The standard InChI is InChI=1S/C22H20N2O3S/c25-21(23-9-11-27-12-10-23)18-14-17(15-4-2-1-3-5-15)22(26)24-8-6-16-7-13-28-20(16)19(18)24/h1-5,7,13-14H,6,8-12H2. The summed E-state index contributed by atoms with van der Waals surface area (Å²) in [6.45, 7) is 2.86. The van der Waals surface area contributed by atoms with Crippen LogP contribution in [-0.4, -0.2) is 41.7 Å². The number of hydrogen-bond donors (Lipinski definition) is 0. The lowest BCUT2D eigenvalue weighted by Crippen LogP contribution is -2.42. The van der Waals surface area contributed by atoms with E-state index in [4.69, 9.17) is 4.74 Å². The third kappa shape index (κ3) is 2.80. The van der Waals surface area contributed by atoms with Crippen molar-refractivity contribution in [3.8, 4) is 21.7 Å². The van der Waals surface area contributed by atoms with E-state index in [2.05, 4.69) is 6.07 Å². The number of amides is 1. The van der Waals surface area contributed by atoms with E-state index in [1.165, 1.54) is 5.56 Å². The van der Waals surface area contributed by atoms with Crippen LogP contribution >= 0.6 is 11.3 Å². The Balaban J connectivity index is 1.74. The third-order valence-electron chi connectivity index (χ3n) is 5.47. The van der Waals surface area contributed by atoms with Crippen LogP contribution in [0.5, 0.6) is 0 Å². The van der Waals surface area contributed by atoms with Gasteiger partial charge in [0.05, 0.1) is 29.3 Å². The summed E-state index contributed by atoms with van der Waals surface area (Å²) in [7, 11) is 0. The van der Waals surface area contributed by atoms with Crippen molar-refractivity contribution in [3.63, 3.8) is 0 Å². The van der Waals surface area contributed by atoms with Crippen molar-refractivity contribution in [3.05, 3.63) is 69.3 Å². The fraction of sp³-hybridized carbons (Fsp3) is 0.273. The van der Waals surface area contributed by atoms with Gasteiger partial charge in [-0.15, -0.1) is 11.3 Å². The summed E-state index contributed by atoms with van der Waals surface area (Å²) < 4.78 is 7.21. The third-order valence-corrected chi connectivity index (χ3v) is 6.43. The van der Waals surface area contributed by atoms with E-state index >= 15 is 0 Å². The van der Waals surface area contributed by atoms with Crippen LogP contribution in [0.15, 0.2) is 52.6 Å². The molecule has 0 radical (unpaired) electrons. The first-order chi connectivity index (χ1) is 13.7. The predicted octanol–water partition coefficient (Wildman–Crippen LogP) is 3.27. The normalized spacial score (nSPS) is 15.8. The van der Waals surface area contributed by atoms with Crippen molar-refractivity contribution in [2.75, 3.05) is 26.3 Å². The summed E-state index contributed by atoms with van der Waals surface area (Å²) in [5.41, 5.74) is 4.00. The number of fused-ring (bicyclic) bond motifs is 3. The molecule has 0 unspecified atom stereocenters. The van der Waals surface area contributed by atoms with E-state index in [1.807, 2.05) is 40.6 Å². The van der Waals surface area contributed by atoms with Gasteiger partial charge in [0.2, 0.25) is 0 Å². The highest BCUT2D eigenvalue weighted by molar-refractivity contribution is 7.13. The maximum Gasteiger partial charge on any atom is 0.258 e. The van der Waals surface area contributed by atoms with Gasteiger partial charge in [-0.05, 0) is 35.1 Å². The second-order valence-electron chi connectivity index (χ2n) is 7.07. The zero-order chi connectivity index (χ0) is 19.1. The van der Waals surface area contributed by atoms with Crippen LogP contribution < -0.4 is 5.56 Å². The van der Waals surface area contributed by atoms with Gasteiger partial charge < -0.3 is 14.2 Å². The predicted molar refractivity (Wildman–Crippen MR) is 110 cm³/mol. The Labute approximate surface area is 166 Å². The van der Waals surface area contributed by atoms with Gasteiger partial charge in [0.25, 0.3) is 11.5 Å². The number of pyridine rings is 1. The molecule has 5 rings (SSSR count). The number of nitrogens with zero attached hydrogens (tertiary/aromatic N) is 2. The number of carbonyl (C=O) groups excluding carboxylic acids is 1. The summed E-state index contributed by atoms with van der Waals surface area (Å²) in [6, 6.07) is 13.5. The molecule has 0 saturated carbocycles. The van der Waals surface area contributed by atoms with Crippen molar-refractivity contribution >= 4 is 17.2 Å². The Kier molecular flexibility index (Phi) is 4.37. The SMILES string of the molecule is O=C(c1cc(-c2ccccc2)c(=O)n2c1-c1sccc1CC2)N1CCOCC1. The largest absolute Gasteiger partial charge is 0.378 e. The molecule has 3 aromatic rings. The molecule has 1 amide bonds. The van der Waals surface area contributed by atoms with E-state index in [-0.39, 0.29) is 11.5 Å². The molecule has 2 aromatic heterocycles. The molecule has 0 atom stereocenters. The summed E-state index contributed by atoms with van der Waals surface area (Å²) in [5, 5.41) is 2.04. The summed E-state index contributed by atoms with van der Waals surface area (Å²) in [5.74, 6) is -0.0227. The fourth-order valence-corrected chi connectivity index (χ4v) is 5.04. The Morgan fingerprint density at radius 1 is 1.04 bits per heavy atom. The zero-order valence-corrected chi connectivity index (χ0v) is 16.2. The molecular formula is C22H20N2O3S. The molecule has 0 spiro atoms. The smallest absolute Gasteiger partial charge is 0.258 e. The molecule has 28 heavy (non-hydrogen) atoms. The van der Waals surface area contributed by atoms with Crippen LogP contribution in [0.25, 0.3) is 21.7 Å². The number of thiophene rings is 1. The molecule has 6 heteroatoms. The van der Waals surface area contributed by atoms with Crippen molar-refractivity contribution in [1.29, 1.82) is 0 Å². The van der Waals surface area contributed by atoms with Crippen molar-refractivity contribution in [2.45, 2.75) is 13.0 Å². The number of ether oxygens (including phenoxy) is 1. The highest BCUT2D eigenvalue weighted by Gasteiger charge is 2.29. The van der Waals surface area contributed by atoms with E-state index in [0.717, 1.165) is 22.6 Å². The Morgan fingerprint density at radius 3 is 2.61 bits per heavy atom. The number of aryl methyl sites for hydroxylation is 1. The van der Waals surface area contributed by atoms with Crippen LogP contribution in [-0.2, 0) is 17.7 Å². The van der Waals surface area contributed by atoms with Crippen LogP contribution in [0, 0.1) is 0 Å². The number of benzene rings is 1. The number of carbonyl (C=O) groups is 1. The minimum atomic E-state index is -0.0289. The molecule has 0 bridgehead atoms.